The van der Waals surface area contributed by atoms with E-state index in [2.05, 4.69) is 6.58 Å². The number of hydrogen-bond acceptors (Lipinski definition) is 4. The summed E-state index contributed by atoms with van der Waals surface area (Å²) in [4.78, 5) is 0. The van der Waals surface area contributed by atoms with Crippen molar-refractivity contribution in [3.05, 3.63) is 24.3 Å². The van der Waals surface area contributed by atoms with E-state index in [0.717, 1.165) is 5.57 Å². The molecular formula is C15H28O4. The summed E-state index contributed by atoms with van der Waals surface area (Å²) in [6, 6.07) is 0. The number of allylic oxidation sites excluding steroid dienone is 1. The van der Waals surface area contributed by atoms with Crippen LogP contribution in [0.1, 0.15) is 46.5 Å². The number of aliphatic hydroxyl groups excluding tert-OH is 2. The highest BCUT2D eigenvalue weighted by atomic mass is 16.3. The van der Waals surface area contributed by atoms with E-state index in [9.17, 15) is 15.3 Å². The van der Waals surface area contributed by atoms with Gasteiger partial charge in [0.1, 0.15) is 0 Å². The molecule has 0 heterocycles. The topological polar surface area (TPSA) is 80.9 Å². The number of rotatable bonds is 9. The molecule has 0 aromatic carbocycles. The van der Waals surface area contributed by atoms with E-state index in [1.165, 1.54) is 6.08 Å². The molecule has 3 atom stereocenters. The van der Waals surface area contributed by atoms with Crippen LogP contribution in [-0.2, 0) is 0 Å². The predicted molar refractivity (Wildman–Crippen MR) is 76.8 cm³/mol. The van der Waals surface area contributed by atoms with E-state index in [0.29, 0.717) is 25.7 Å². The molecule has 0 fully saturated rings. The minimum absolute atomic E-state index is 0.00684. The highest BCUT2D eigenvalue weighted by molar-refractivity contribution is 4.99. The SMILES string of the molecule is C=CC(C)(O)CCC(O)C(C)(O)CC/C=C(\C)CO. The molecule has 0 aliphatic heterocycles. The van der Waals surface area contributed by atoms with Gasteiger partial charge in [-0.25, -0.2) is 0 Å². The molecule has 0 aromatic rings. The van der Waals surface area contributed by atoms with Crippen LogP contribution >= 0.6 is 0 Å². The van der Waals surface area contributed by atoms with Crippen LogP contribution in [0.15, 0.2) is 24.3 Å². The highest BCUT2D eigenvalue weighted by Crippen LogP contribution is 2.24. The number of aliphatic hydroxyl groups is 4. The normalized spacial score (nSPS) is 20.5. The standard InChI is InChI=1S/C15H28O4/c1-5-14(3,18)10-8-13(17)15(4,19)9-6-7-12(2)11-16/h5,7,13,16-19H,1,6,8-11H2,2-4H3/b12-7+. The number of hydrogen-bond donors (Lipinski definition) is 4. The summed E-state index contributed by atoms with van der Waals surface area (Å²) in [6.45, 7) is 8.55. The fourth-order valence-corrected chi connectivity index (χ4v) is 1.68. The summed E-state index contributed by atoms with van der Waals surface area (Å²) in [6.07, 6.45) is 4.02. The van der Waals surface area contributed by atoms with Crippen molar-refractivity contribution in [2.75, 3.05) is 6.61 Å². The van der Waals surface area contributed by atoms with Gasteiger partial charge in [0.2, 0.25) is 0 Å². The lowest BCUT2D eigenvalue weighted by molar-refractivity contribution is -0.0759. The van der Waals surface area contributed by atoms with Gasteiger partial charge in [-0.3, -0.25) is 0 Å². The summed E-state index contributed by atoms with van der Waals surface area (Å²) in [5, 5.41) is 38.8. The van der Waals surface area contributed by atoms with Crippen molar-refractivity contribution in [2.45, 2.75) is 63.8 Å². The molecular weight excluding hydrogens is 244 g/mol. The zero-order chi connectivity index (χ0) is 15.1. The fraction of sp³-hybridized carbons (Fsp3) is 0.733. The fourth-order valence-electron chi connectivity index (χ4n) is 1.68. The van der Waals surface area contributed by atoms with Crippen molar-refractivity contribution in [2.24, 2.45) is 0 Å². The van der Waals surface area contributed by atoms with E-state index < -0.39 is 17.3 Å². The first kappa shape index (κ1) is 18.3. The Bertz CT molecular complexity index is 305. The zero-order valence-electron chi connectivity index (χ0n) is 12.3. The maximum Gasteiger partial charge on any atom is 0.0880 e. The quantitative estimate of drug-likeness (QED) is 0.480. The molecule has 0 bridgehead atoms. The third-order valence-electron chi connectivity index (χ3n) is 3.47. The molecule has 0 spiro atoms. The molecule has 4 heteroatoms. The van der Waals surface area contributed by atoms with Gasteiger partial charge in [-0.2, -0.15) is 0 Å². The molecule has 0 aliphatic carbocycles. The molecule has 0 amide bonds. The van der Waals surface area contributed by atoms with E-state index in [-0.39, 0.29) is 6.61 Å². The van der Waals surface area contributed by atoms with Crippen LogP contribution in [0.4, 0.5) is 0 Å². The zero-order valence-corrected chi connectivity index (χ0v) is 12.3. The summed E-state index contributed by atoms with van der Waals surface area (Å²) < 4.78 is 0. The molecule has 3 unspecified atom stereocenters. The van der Waals surface area contributed by atoms with Gasteiger partial charge in [0.05, 0.1) is 23.9 Å². The first-order chi connectivity index (χ1) is 8.64. The Morgan fingerprint density at radius 2 is 1.84 bits per heavy atom. The Morgan fingerprint density at radius 1 is 1.26 bits per heavy atom. The Kier molecular flexibility index (Phi) is 7.52. The molecule has 4 N–H and O–H groups in total. The minimum atomic E-state index is -1.20. The van der Waals surface area contributed by atoms with Crippen molar-refractivity contribution in [1.82, 2.24) is 0 Å². The lowest BCUT2D eigenvalue weighted by Crippen LogP contribution is -2.40. The van der Waals surface area contributed by atoms with Crippen molar-refractivity contribution >= 4 is 0 Å². The van der Waals surface area contributed by atoms with Crippen LogP contribution in [0, 0.1) is 0 Å². The smallest absolute Gasteiger partial charge is 0.0880 e. The Labute approximate surface area is 116 Å². The Morgan fingerprint density at radius 3 is 2.32 bits per heavy atom. The van der Waals surface area contributed by atoms with Gasteiger partial charge in [-0.1, -0.05) is 17.7 Å². The molecule has 0 rings (SSSR count). The maximum atomic E-state index is 10.2. The summed E-state index contributed by atoms with van der Waals surface area (Å²) >= 11 is 0. The van der Waals surface area contributed by atoms with Crippen LogP contribution in [0.25, 0.3) is 0 Å². The molecule has 19 heavy (non-hydrogen) atoms. The van der Waals surface area contributed by atoms with Crippen LogP contribution < -0.4 is 0 Å². The maximum absolute atomic E-state index is 10.2. The lowest BCUT2D eigenvalue weighted by Gasteiger charge is -2.30. The first-order valence-electron chi connectivity index (χ1n) is 6.67. The molecule has 0 aromatic heterocycles. The van der Waals surface area contributed by atoms with Gasteiger partial charge in [0.15, 0.2) is 0 Å². The van der Waals surface area contributed by atoms with Crippen LogP contribution in [0.3, 0.4) is 0 Å². The van der Waals surface area contributed by atoms with Gasteiger partial charge < -0.3 is 20.4 Å². The van der Waals surface area contributed by atoms with E-state index in [1.54, 1.807) is 13.8 Å². The van der Waals surface area contributed by atoms with Crippen molar-refractivity contribution < 1.29 is 20.4 Å². The molecule has 4 nitrogen and oxygen atoms in total. The Balaban J connectivity index is 4.28. The van der Waals surface area contributed by atoms with E-state index in [1.807, 2.05) is 13.0 Å². The van der Waals surface area contributed by atoms with Gasteiger partial charge in [-0.05, 0) is 46.5 Å². The van der Waals surface area contributed by atoms with Gasteiger partial charge in [0.25, 0.3) is 0 Å². The molecule has 112 valence electrons. The van der Waals surface area contributed by atoms with Gasteiger partial charge in [0, 0.05) is 0 Å². The van der Waals surface area contributed by atoms with Gasteiger partial charge in [-0.15, -0.1) is 6.58 Å². The molecule has 0 aliphatic rings. The predicted octanol–water partition coefficient (Wildman–Crippen LogP) is 1.53. The third kappa shape index (κ3) is 7.47. The van der Waals surface area contributed by atoms with Gasteiger partial charge >= 0.3 is 0 Å². The molecule has 0 saturated heterocycles. The second-order valence-electron chi connectivity index (χ2n) is 5.72. The molecule has 0 saturated carbocycles. The van der Waals surface area contributed by atoms with E-state index in [4.69, 9.17) is 5.11 Å². The van der Waals surface area contributed by atoms with Crippen LogP contribution in [-0.4, -0.2) is 44.3 Å². The Hall–Kier alpha value is -0.680. The first-order valence-corrected chi connectivity index (χ1v) is 6.67. The monoisotopic (exact) mass is 272 g/mol. The van der Waals surface area contributed by atoms with Crippen molar-refractivity contribution in [3.8, 4) is 0 Å². The second-order valence-corrected chi connectivity index (χ2v) is 5.72. The average molecular weight is 272 g/mol. The van der Waals surface area contributed by atoms with Crippen LogP contribution in [0.2, 0.25) is 0 Å². The van der Waals surface area contributed by atoms with Crippen molar-refractivity contribution in [3.63, 3.8) is 0 Å². The van der Waals surface area contributed by atoms with Crippen molar-refractivity contribution in [1.29, 1.82) is 0 Å². The highest BCUT2D eigenvalue weighted by Gasteiger charge is 2.31. The second kappa shape index (κ2) is 7.80. The minimum Gasteiger partial charge on any atom is -0.392 e. The van der Waals surface area contributed by atoms with E-state index >= 15 is 0 Å². The molecule has 0 radical (unpaired) electrons. The summed E-state index contributed by atoms with van der Waals surface area (Å²) in [5.41, 5.74) is -1.38. The average Bonchev–Trinajstić information content (AvgIpc) is 2.35. The summed E-state index contributed by atoms with van der Waals surface area (Å²) in [7, 11) is 0. The lowest BCUT2D eigenvalue weighted by atomic mass is 9.87. The largest absolute Gasteiger partial charge is 0.392 e. The third-order valence-corrected chi connectivity index (χ3v) is 3.47. The summed E-state index contributed by atoms with van der Waals surface area (Å²) in [5.74, 6) is 0. The van der Waals surface area contributed by atoms with Crippen LogP contribution in [0.5, 0.6) is 0 Å².